The second kappa shape index (κ2) is 5.73. The van der Waals surface area contributed by atoms with Crippen molar-refractivity contribution in [3.63, 3.8) is 0 Å². The Morgan fingerprint density at radius 2 is 2.00 bits per heavy atom. The van der Waals surface area contributed by atoms with Crippen molar-refractivity contribution in [1.82, 2.24) is 4.98 Å². The van der Waals surface area contributed by atoms with Crippen LogP contribution in [0.15, 0.2) is 28.8 Å². The number of pyridine rings is 1. The molecule has 0 saturated heterocycles. The highest BCUT2D eigenvalue weighted by atomic mass is 28.3. The number of aromatic nitrogens is 1. The van der Waals surface area contributed by atoms with Crippen LogP contribution in [-0.2, 0) is 4.74 Å². The summed E-state index contributed by atoms with van der Waals surface area (Å²) in [5.74, 6) is 0.462. The van der Waals surface area contributed by atoms with Crippen molar-refractivity contribution in [3.05, 3.63) is 35.9 Å². The molecule has 0 aliphatic rings. The van der Waals surface area contributed by atoms with Crippen LogP contribution in [0.2, 0.25) is 19.6 Å². The van der Waals surface area contributed by atoms with E-state index in [1.807, 2.05) is 19.2 Å². The van der Waals surface area contributed by atoms with E-state index < -0.39 is 14.0 Å². The fourth-order valence-electron chi connectivity index (χ4n) is 1.72. The van der Waals surface area contributed by atoms with E-state index in [0.717, 1.165) is 5.69 Å². The zero-order chi connectivity index (χ0) is 15.6. The van der Waals surface area contributed by atoms with Crippen LogP contribution in [0.3, 0.4) is 0 Å². The average molecular weight is 305 g/mol. The summed E-state index contributed by atoms with van der Waals surface area (Å²) in [6.07, 6.45) is 1.90. The molecule has 0 spiro atoms. The van der Waals surface area contributed by atoms with Gasteiger partial charge >= 0.3 is 5.97 Å². The zero-order valence-corrected chi connectivity index (χ0v) is 13.9. The molecule has 0 saturated carbocycles. The van der Waals surface area contributed by atoms with Crippen molar-refractivity contribution in [2.24, 2.45) is 0 Å². The van der Waals surface area contributed by atoms with Crippen LogP contribution in [0.5, 0.6) is 11.7 Å². The van der Waals surface area contributed by atoms with Gasteiger partial charge in [0.15, 0.2) is 5.75 Å². The zero-order valence-electron chi connectivity index (χ0n) is 12.9. The number of carbonyl (C=O) groups excluding carboxylic acids is 1. The van der Waals surface area contributed by atoms with Gasteiger partial charge in [-0.3, -0.25) is 4.98 Å². The van der Waals surface area contributed by atoms with Crippen LogP contribution >= 0.6 is 0 Å². The highest BCUT2D eigenvalue weighted by Crippen LogP contribution is 2.25. The fraction of sp³-hybridized carbons (Fsp3) is 0.333. The first kappa shape index (κ1) is 15.3. The third-order valence-corrected chi connectivity index (χ3v) is 5.09. The van der Waals surface area contributed by atoms with Crippen LogP contribution in [0, 0.1) is 6.92 Å². The van der Waals surface area contributed by atoms with E-state index in [2.05, 4.69) is 29.4 Å². The molecule has 2 heterocycles. The molecular formula is C15H19NO4Si. The van der Waals surface area contributed by atoms with Gasteiger partial charge in [-0.15, -0.1) is 0 Å². The molecule has 2 rings (SSSR count). The summed E-state index contributed by atoms with van der Waals surface area (Å²) in [5, 5.41) is 1.20. The van der Waals surface area contributed by atoms with Crippen molar-refractivity contribution < 1.29 is 18.7 Å². The summed E-state index contributed by atoms with van der Waals surface area (Å²) in [6, 6.07) is 5.11. The number of rotatable bonds is 4. The fourth-order valence-corrected chi connectivity index (χ4v) is 2.74. The molecule has 0 aliphatic heterocycles. The molecule has 2 aromatic heterocycles. The van der Waals surface area contributed by atoms with Gasteiger partial charge in [-0.1, -0.05) is 19.6 Å². The predicted molar refractivity (Wildman–Crippen MR) is 82.1 cm³/mol. The largest absolute Gasteiger partial charge is 0.463 e. The Bertz CT molecular complexity index is 658. The summed E-state index contributed by atoms with van der Waals surface area (Å²) in [5.41, 5.74) is 0.771. The minimum Gasteiger partial charge on any atom is -0.463 e. The Labute approximate surface area is 124 Å². The third-order valence-electron chi connectivity index (χ3n) is 3.08. The Balaban J connectivity index is 2.27. The van der Waals surface area contributed by atoms with Crippen LogP contribution in [0.4, 0.5) is 0 Å². The monoisotopic (exact) mass is 305 g/mol. The van der Waals surface area contributed by atoms with E-state index in [1.165, 1.54) is 18.4 Å². The molecule has 0 unspecified atom stereocenters. The molecule has 0 N–H and O–H groups in total. The number of carbonyl (C=O) groups is 1. The van der Waals surface area contributed by atoms with Crippen molar-refractivity contribution in [1.29, 1.82) is 0 Å². The van der Waals surface area contributed by atoms with E-state index in [1.54, 1.807) is 6.07 Å². The van der Waals surface area contributed by atoms with Crippen molar-refractivity contribution in [2.75, 3.05) is 7.11 Å². The average Bonchev–Trinajstić information content (AvgIpc) is 2.87. The van der Waals surface area contributed by atoms with Gasteiger partial charge < -0.3 is 13.9 Å². The lowest BCUT2D eigenvalue weighted by Crippen LogP contribution is -2.37. The first-order chi connectivity index (χ1) is 9.81. The molecule has 0 aliphatic carbocycles. The molecule has 0 amide bonds. The van der Waals surface area contributed by atoms with Crippen LogP contribution in [0.25, 0.3) is 0 Å². The third kappa shape index (κ3) is 3.52. The number of hydrogen-bond donors (Lipinski definition) is 0. The number of esters is 1. The molecule has 0 radical (unpaired) electrons. The van der Waals surface area contributed by atoms with E-state index in [9.17, 15) is 4.79 Å². The molecule has 6 heteroatoms. The van der Waals surface area contributed by atoms with Crippen LogP contribution < -0.4 is 9.92 Å². The molecule has 0 fully saturated rings. The molecule has 0 bridgehead atoms. The van der Waals surface area contributed by atoms with Crippen molar-refractivity contribution >= 4 is 19.2 Å². The van der Waals surface area contributed by atoms with Gasteiger partial charge in [-0.25, -0.2) is 4.79 Å². The van der Waals surface area contributed by atoms with Gasteiger partial charge in [-0.05, 0) is 24.2 Å². The van der Waals surface area contributed by atoms with Crippen LogP contribution in [0.1, 0.15) is 16.2 Å². The molecule has 2 aromatic rings. The molecule has 0 atom stereocenters. The Kier molecular flexibility index (Phi) is 4.18. The highest BCUT2D eigenvalue weighted by molar-refractivity contribution is 6.88. The number of aryl methyl sites for hydroxylation is 1. The highest BCUT2D eigenvalue weighted by Gasteiger charge is 2.19. The second-order valence-corrected chi connectivity index (χ2v) is 10.8. The van der Waals surface area contributed by atoms with Crippen molar-refractivity contribution in [3.8, 4) is 11.7 Å². The maximum Gasteiger partial charge on any atom is 0.374 e. The Hall–Kier alpha value is -2.08. The van der Waals surface area contributed by atoms with Crippen LogP contribution in [-0.4, -0.2) is 26.1 Å². The smallest absolute Gasteiger partial charge is 0.374 e. The maximum absolute atomic E-state index is 11.4. The van der Waals surface area contributed by atoms with Gasteiger partial charge in [0.1, 0.15) is 0 Å². The quantitative estimate of drug-likeness (QED) is 0.641. The van der Waals surface area contributed by atoms with Crippen molar-refractivity contribution in [2.45, 2.75) is 26.6 Å². The normalized spacial score (nSPS) is 11.3. The summed E-state index contributed by atoms with van der Waals surface area (Å²) >= 11 is 0. The SMILES string of the molecule is COC(=O)c1ccc(Oc2cc([Si](C)(C)C)cnc2C)o1. The van der Waals surface area contributed by atoms with E-state index in [-0.39, 0.29) is 11.7 Å². The molecule has 112 valence electrons. The number of ether oxygens (including phenoxy) is 2. The predicted octanol–water partition coefficient (Wildman–Crippen LogP) is 3.11. The van der Waals surface area contributed by atoms with Gasteiger partial charge in [0.05, 0.1) is 20.9 Å². The first-order valence-electron chi connectivity index (χ1n) is 6.64. The number of methoxy groups -OCH3 is 1. The summed E-state index contributed by atoms with van der Waals surface area (Å²) in [4.78, 5) is 15.7. The standard InChI is InChI=1S/C15H19NO4Si/c1-10-13(8-11(9-16-10)21(3,4)5)20-14-7-6-12(19-14)15(17)18-2/h6-9H,1-5H3. The first-order valence-corrected chi connectivity index (χ1v) is 10.1. The topological polar surface area (TPSA) is 61.6 Å². The van der Waals surface area contributed by atoms with E-state index >= 15 is 0 Å². The lowest BCUT2D eigenvalue weighted by Gasteiger charge is -2.17. The van der Waals surface area contributed by atoms with Gasteiger partial charge in [0.2, 0.25) is 5.76 Å². The molecule has 0 aromatic carbocycles. The molecule has 21 heavy (non-hydrogen) atoms. The van der Waals surface area contributed by atoms with Gasteiger partial charge in [0, 0.05) is 12.3 Å². The molecular weight excluding hydrogens is 286 g/mol. The minimum absolute atomic E-state index is 0.111. The lowest BCUT2D eigenvalue weighted by molar-refractivity contribution is 0.0560. The summed E-state index contributed by atoms with van der Waals surface area (Å²) < 4.78 is 15.6. The summed E-state index contributed by atoms with van der Waals surface area (Å²) in [7, 11) is -0.168. The number of hydrogen-bond acceptors (Lipinski definition) is 5. The minimum atomic E-state index is -1.47. The Morgan fingerprint density at radius 3 is 2.62 bits per heavy atom. The second-order valence-electron chi connectivity index (χ2n) is 5.77. The number of nitrogens with zero attached hydrogens (tertiary/aromatic N) is 1. The summed E-state index contributed by atoms with van der Waals surface area (Å²) in [6.45, 7) is 8.59. The lowest BCUT2D eigenvalue weighted by atomic mass is 10.3. The Morgan fingerprint density at radius 1 is 1.29 bits per heavy atom. The number of furan rings is 1. The van der Waals surface area contributed by atoms with E-state index in [0.29, 0.717) is 5.75 Å². The van der Waals surface area contributed by atoms with E-state index in [4.69, 9.17) is 9.15 Å². The molecule has 5 nitrogen and oxygen atoms in total. The maximum atomic E-state index is 11.4. The van der Waals surface area contributed by atoms with Gasteiger partial charge in [0.25, 0.3) is 5.95 Å². The van der Waals surface area contributed by atoms with Gasteiger partial charge in [-0.2, -0.15) is 0 Å².